The summed E-state index contributed by atoms with van der Waals surface area (Å²) in [5.41, 5.74) is 1.65. The monoisotopic (exact) mass is 183 g/mol. The summed E-state index contributed by atoms with van der Waals surface area (Å²) in [6.45, 7) is 13.9. The molecule has 0 aromatic heterocycles. The van der Waals surface area contributed by atoms with Gasteiger partial charge in [-0.15, -0.1) is 0 Å². The Morgan fingerprint density at radius 3 is 2.31 bits per heavy atom. The van der Waals surface area contributed by atoms with Crippen LogP contribution in [-0.4, -0.2) is 12.1 Å². The standard InChI is InChI=1S/C12H25N/c1-6-11(2)9-7-8-10-13-12(3,4)5/h13H,2,6-10H2,1,3-5H3. The summed E-state index contributed by atoms with van der Waals surface area (Å²) in [6, 6.07) is 0. The zero-order chi connectivity index (χ0) is 10.3. The Labute approximate surface area is 83.6 Å². The van der Waals surface area contributed by atoms with Gasteiger partial charge in [0, 0.05) is 5.54 Å². The molecule has 0 unspecified atom stereocenters. The minimum Gasteiger partial charge on any atom is -0.312 e. The van der Waals surface area contributed by atoms with E-state index >= 15 is 0 Å². The van der Waals surface area contributed by atoms with Crippen molar-refractivity contribution in [1.29, 1.82) is 0 Å². The van der Waals surface area contributed by atoms with E-state index in [1.54, 1.807) is 0 Å². The molecule has 0 aromatic rings. The molecule has 0 aliphatic rings. The lowest BCUT2D eigenvalue weighted by molar-refractivity contribution is 0.418. The van der Waals surface area contributed by atoms with Crippen molar-refractivity contribution in [3.05, 3.63) is 12.2 Å². The fraction of sp³-hybridized carbons (Fsp3) is 0.833. The van der Waals surface area contributed by atoms with E-state index < -0.39 is 0 Å². The predicted octanol–water partition coefficient (Wildman–Crippen LogP) is 3.51. The van der Waals surface area contributed by atoms with Gasteiger partial charge in [0.2, 0.25) is 0 Å². The first-order valence-corrected chi connectivity index (χ1v) is 5.37. The van der Waals surface area contributed by atoms with Crippen molar-refractivity contribution in [2.45, 2.75) is 58.9 Å². The van der Waals surface area contributed by atoms with Gasteiger partial charge in [-0.25, -0.2) is 0 Å². The number of hydrogen-bond acceptors (Lipinski definition) is 1. The van der Waals surface area contributed by atoms with Crippen LogP contribution in [0.25, 0.3) is 0 Å². The summed E-state index contributed by atoms with van der Waals surface area (Å²) in [5.74, 6) is 0. The van der Waals surface area contributed by atoms with Gasteiger partial charge in [-0.05, 0) is 53.0 Å². The molecular weight excluding hydrogens is 158 g/mol. The third-order valence-electron chi connectivity index (χ3n) is 2.11. The van der Waals surface area contributed by atoms with E-state index in [-0.39, 0.29) is 5.54 Å². The maximum atomic E-state index is 4.00. The topological polar surface area (TPSA) is 12.0 Å². The quantitative estimate of drug-likeness (QED) is 0.491. The Morgan fingerprint density at radius 2 is 1.85 bits per heavy atom. The molecule has 0 rings (SSSR count). The van der Waals surface area contributed by atoms with Crippen LogP contribution in [0.3, 0.4) is 0 Å². The maximum Gasteiger partial charge on any atom is 0.00965 e. The number of nitrogens with one attached hydrogen (secondary N) is 1. The zero-order valence-electron chi connectivity index (χ0n) is 9.74. The fourth-order valence-electron chi connectivity index (χ4n) is 1.14. The number of hydrogen-bond donors (Lipinski definition) is 1. The van der Waals surface area contributed by atoms with Gasteiger partial charge in [0.15, 0.2) is 0 Å². The van der Waals surface area contributed by atoms with Crippen LogP contribution in [0.1, 0.15) is 53.4 Å². The van der Waals surface area contributed by atoms with E-state index in [0.29, 0.717) is 0 Å². The first kappa shape index (κ1) is 12.7. The highest BCUT2D eigenvalue weighted by atomic mass is 14.9. The Bertz CT molecular complexity index is 142. The summed E-state index contributed by atoms with van der Waals surface area (Å²) in [4.78, 5) is 0. The van der Waals surface area contributed by atoms with Gasteiger partial charge in [0.25, 0.3) is 0 Å². The molecule has 0 aliphatic heterocycles. The molecule has 0 aliphatic carbocycles. The third kappa shape index (κ3) is 9.62. The van der Waals surface area contributed by atoms with Crippen LogP contribution in [0.5, 0.6) is 0 Å². The minimum atomic E-state index is 0.266. The molecule has 0 bridgehead atoms. The van der Waals surface area contributed by atoms with Gasteiger partial charge >= 0.3 is 0 Å². The largest absolute Gasteiger partial charge is 0.312 e. The number of allylic oxidation sites excluding steroid dienone is 1. The summed E-state index contributed by atoms with van der Waals surface area (Å²) in [7, 11) is 0. The first-order chi connectivity index (χ1) is 5.95. The fourth-order valence-corrected chi connectivity index (χ4v) is 1.14. The molecule has 0 atom stereocenters. The van der Waals surface area contributed by atoms with Crippen molar-refractivity contribution in [3.63, 3.8) is 0 Å². The Balaban J connectivity index is 3.22. The molecule has 0 saturated heterocycles. The highest BCUT2D eigenvalue weighted by Crippen LogP contribution is 2.08. The van der Waals surface area contributed by atoms with E-state index in [2.05, 4.69) is 39.6 Å². The van der Waals surface area contributed by atoms with E-state index in [9.17, 15) is 0 Å². The molecular formula is C12H25N. The van der Waals surface area contributed by atoms with Crippen LogP contribution in [-0.2, 0) is 0 Å². The second-order valence-corrected chi connectivity index (χ2v) is 4.74. The summed E-state index contributed by atoms with van der Waals surface area (Å²) < 4.78 is 0. The van der Waals surface area contributed by atoms with Crippen LogP contribution in [0.15, 0.2) is 12.2 Å². The van der Waals surface area contributed by atoms with Gasteiger partial charge in [0.1, 0.15) is 0 Å². The Hall–Kier alpha value is -0.300. The lowest BCUT2D eigenvalue weighted by atomic mass is 10.1. The molecule has 0 fully saturated rings. The molecule has 13 heavy (non-hydrogen) atoms. The molecule has 0 aromatic carbocycles. The van der Waals surface area contributed by atoms with E-state index in [1.807, 2.05) is 0 Å². The Kier molecular flexibility index (Phi) is 6.06. The lowest BCUT2D eigenvalue weighted by Crippen LogP contribution is -2.36. The van der Waals surface area contributed by atoms with Crippen LogP contribution in [0.4, 0.5) is 0 Å². The lowest BCUT2D eigenvalue weighted by Gasteiger charge is -2.20. The predicted molar refractivity (Wildman–Crippen MR) is 61.0 cm³/mol. The van der Waals surface area contributed by atoms with Gasteiger partial charge in [-0.1, -0.05) is 19.1 Å². The number of rotatable bonds is 6. The van der Waals surface area contributed by atoms with Crippen molar-refractivity contribution in [1.82, 2.24) is 5.32 Å². The SMILES string of the molecule is C=C(CC)CCCCNC(C)(C)C. The van der Waals surface area contributed by atoms with Gasteiger partial charge in [-0.3, -0.25) is 0 Å². The van der Waals surface area contributed by atoms with Crippen molar-refractivity contribution in [2.24, 2.45) is 0 Å². The third-order valence-corrected chi connectivity index (χ3v) is 2.11. The smallest absolute Gasteiger partial charge is 0.00965 e. The molecule has 0 radical (unpaired) electrons. The van der Waals surface area contributed by atoms with Gasteiger partial charge < -0.3 is 5.32 Å². The van der Waals surface area contributed by atoms with Crippen LogP contribution >= 0.6 is 0 Å². The summed E-state index contributed by atoms with van der Waals surface area (Å²) >= 11 is 0. The highest BCUT2D eigenvalue weighted by molar-refractivity contribution is 4.91. The van der Waals surface area contributed by atoms with Crippen molar-refractivity contribution in [2.75, 3.05) is 6.54 Å². The second kappa shape index (κ2) is 6.20. The van der Waals surface area contributed by atoms with E-state index in [1.165, 1.54) is 24.8 Å². The van der Waals surface area contributed by atoms with E-state index in [4.69, 9.17) is 0 Å². The van der Waals surface area contributed by atoms with Crippen molar-refractivity contribution >= 4 is 0 Å². The molecule has 0 heterocycles. The molecule has 0 amide bonds. The zero-order valence-corrected chi connectivity index (χ0v) is 9.74. The van der Waals surface area contributed by atoms with Gasteiger partial charge in [0.05, 0.1) is 0 Å². The van der Waals surface area contributed by atoms with Crippen LogP contribution in [0.2, 0.25) is 0 Å². The van der Waals surface area contributed by atoms with Crippen LogP contribution < -0.4 is 5.32 Å². The molecule has 1 nitrogen and oxygen atoms in total. The molecule has 0 saturated carbocycles. The van der Waals surface area contributed by atoms with Crippen molar-refractivity contribution in [3.8, 4) is 0 Å². The summed E-state index contributed by atoms with van der Waals surface area (Å²) in [5, 5.41) is 3.48. The van der Waals surface area contributed by atoms with Gasteiger partial charge in [-0.2, -0.15) is 0 Å². The second-order valence-electron chi connectivity index (χ2n) is 4.74. The molecule has 1 N–H and O–H groups in total. The first-order valence-electron chi connectivity index (χ1n) is 5.37. The average Bonchev–Trinajstić information content (AvgIpc) is 2.01. The molecule has 0 spiro atoms. The molecule has 1 heteroatoms. The average molecular weight is 183 g/mol. The van der Waals surface area contributed by atoms with Crippen LogP contribution in [0, 0.1) is 0 Å². The minimum absolute atomic E-state index is 0.266. The molecule has 78 valence electrons. The Morgan fingerprint density at radius 1 is 1.23 bits per heavy atom. The summed E-state index contributed by atoms with van der Waals surface area (Å²) in [6.07, 6.45) is 4.86. The maximum absolute atomic E-state index is 4.00. The highest BCUT2D eigenvalue weighted by Gasteiger charge is 2.06. The van der Waals surface area contributed by atoms with Crippen molar-refractivity contribution < 1.29 is 0 Å². The number of unbranched alkanes of at least 4 members (excludes halogenated alkanes) is 1. The normalized spacial score (nSPS) is 11.7. The van der Waals surface area contributed by atoms with E-state index in [0.717, 1.165) is 13.0 Å².